The Hall–Kier alpha value is -3.24. The van der Waals surface area contributed by atoms with Crippen LogP contribution in [0.1, 0.15) is 36.5 Å². The molecule has 0 bridgehead atoms. The molecule has 4 heteroatoms. The van der Waals surface area contributed by atoms with E-state index in [1.807, 2.05) is 6.08 Å². The van der Waals surface area contributed by atoms with Gasteiger partial charge in [-0.3, -0.25) is 0 Å². The minimum Gasteiger partial charge on any atom is -0.372 e. The van der Waals surface area contributed by atoms with E-state index in [1.54, 1.807) is 6.20 Å². The molecule has 3 N–H and O–H groups in total. The first-order valence-corrected chi connectivity index (χ1v) is 11.2. The number of allylic oxidation sites excluding steroid dienone is 1. The summed E-state index contributed by atoms with van der Waals surface area (Å²) in [4.78, 5) is 4.56. The Kier molecular flexibility index (Phi) is 7.60. The molecule has 1 aliphatic heterocycles. The van der Waals surface area contributed by atoms with Crippen LogP contribution in [0, 0.1) is 0 Å². The smallest absolute Gasteiger partial charge is 0.0444 e. The highest BCUT2D eigenvalue weighted by Gasteiger charge is 2.24. The summed E-state index contributed by atoms with van der Waals surface area (Å²) >= 11 is 0. The number of nitrogens with two attached hydrogens (primary N) is 1. The minimum atomic E-state index is 0.107. The van der Waals surface area contributed by atoms with Crippen LogP contribution in [0.15, 0.2) is 80.7 Å². The fraction of sp³-hybridized carbons (Fsp3) is 0.286. The quantitative estimate of drug-likeness (QED) is 0.512. The molecule has 1 aliphatic rings. The molecule has 4 nitrogen and oxygen atoms in total. The van der Waals surface area contributed by atoms with Gasteiger partial charge in [-0.25, -0.2) is 0 Å². The van der Waals surface area contributed by atoms with Gasteiger partial charge < -0.3 is 20.9 Å². The molecule has 2 aromatic rings. The topological polar surface area (TPSA) is 44.5 Å². The van der Waals surface area contributed by atoms with Crippen molar-refractivity contribution in [3.05, 3.63) is 97.4 Å². The van der Waals surface area contributed by atoms with Crippen LogP contribution in [0.25, 0.3) is 11.8 Å². The summed E-state index contributed by atoms with van der Waals surface area (Å²) in [5.41, 5.74) is 14.2. The maximum absolute atomic E-state index is 6.40. The van der Waals surface area contributed by atoms with Crippen LogP contribution in [-0.2, 0) is 6.42 Å². The SMILES string of the molecule is C=CNC(=C)CCC(C)N(C)C(=C)c1cc(N2CC(N)Cc3ccccc32)ccc1C=C. The van der Waals surface area contributed by atoms with Crippen molar-refractivity contribution in [3.8, 4) is 0 Å². The monoisotopic (exact) mass is 428 g/mol. The van der Waals surface area contributed by atoms with Crippen LogP contribution < -0.4 is 16.0 Å². The Morgan fingerprint density at radius 2 is 2.00 bits per heavy atom. The van der Waals surface area contributed by atoms with Crippen LogP contribution >= 0.6 is 0 Å². The average molecular weight is 429 g/mol. The van der Waals surface area contributed by atoms with Crippen molar-refractivity contribution >= 4 is 23.1 Å². The zero-order valence-corrected chi connectivity index (χ0v) is 19.5. The Balaban J connectivity index is 1.87. The zero-order chi connectivity index (χ0) is 23.3. The first-order valence-electron chi connectivity index (χ1n) is 11.2. The maximum atomic E-state index is 6.40. The van der Waals surface area contributed by atoms with E-state index >= 15 is 0 Å². The van der Waals surface area contributed by atoms with Crippen LogP contribution in [0.4, 0.5) is 11.4 Å². The summed E-state index contributed by atoms with van der Waals surface area (Å²) in [6.45, 7) is 19.2. The summed E-state index contributed by atoms with van der Waals surface area (Å²) in [5.74, 6) is 0. The van der Waals surface area contributed by atoms with E-state index in [0.29, 0.717) is 6.04 Å². The third-order valence-corrected chi connectivity index (χ3v) is 6.32. The molecule has 2 atom stereocenters. The molecule has 1 heterocycles. The number of nitrogens with one attached hydrogen (secondary N) is 1. The van der Waals surface area contributed by atoms with Gasteiger partial charge in [-0.05, 0) is 61.7 Å². The third kappa shape index (κ3) is 5.14. The number of hydrogen-bond acceptors (Lipinski definition) is 4. The van der Waals surface area contributed by atoms with Crippen LogP contribution in [-0.4, -0.2) is 30.6 Å². The van der Waals surface area contributed by atoms with Gasteiger partial charge in [0.1, 0.15) is 0 Å². The van der Waals surface area contributed by atoms with Crippen LogP contribution in [0.2, 0.25) is 0 Å². The lowest BCUT2D eigenvalue weighted by atomic mass is 9.96. The zero-order valence-electron chi connectivity index (χ0n) is 19.5. The summed E-state index contributed by atoms with van der Waals surface area (Å²) in [6, 6.07) is 15.4. The van der Waals surface area contributed by atoms with Crippen LogP contribution in [0.5, 0.6) is 0 Å². The van der Waals surface area contributed by atoms with E-state index in [-0.39, 0.29) is 6.04 Å². The molecular formula is C28H36N4. The lowest BCUT2D eigenvalue weighted by Gasteiger charge is -2.36. The van der Waals surface area contributed by atoms with E-state index in [4.69, 9.17) is 5.73 Å². The summed E-state index contributed by atoms with van der Waals surface area (Å²) in [5, 5.41) is 3.07. The van der Waals surface area contributed by atoms with Crippen molar-refractivity contribution < 1.29 is 0 Å². The van der Waals surface area contributed by atoms with Crippen molar-refractivity contribution in [3.63, 3.8) is 0 Å². The van der Waals surface area contributed by atoms with Gasteiger partial charge in [0.2, 0.25) is 0 Å². The second-order valence-corrected chi connectivity index (χ2v) is 8.58. The van der Waals surface area contributed by atoms with Crippen LogP contribution in [0.3, 0.4) is 0 Å². The number of rotatable bonds is 10. The molecular weight excluding hydrogens is 392 g/mol. The molecule has 0 aromatic heterocycles. The average Bonchev–Trinajstić information content (AvgIpc) is 2.80. The van der Waals surface area contributed by atoms with Gasteiger partial charge in [-0.15, -0.1) is 0 Å². The molecule has 0 spiro atoms. The standard InChI is InChI=1S/C28H36N4/c1-7-23-15-16-26(32-19-25(29)17-24-11-9-10-12-28(24)32)18-27(23)22(5)31(6)21(4)14-13-20(3)30-8-2/h7-12,15-16,18,21,25,30H,1-3,5,13-14,17,19,29H2,4,6H3. The Labute approximate surface area is 193 Å². The van der Waals surface area contributed by atoms with E-state index in [0.717, 1.165) is 54.0 Å². The first kappa shape index (κ1) is 23.4. The van der Waals surface area contributed by atoms with Gasteiger partial charge in [0.25, 0.3) is 0 Å². The molecule has 0 saturated heterocycles. The number of fused-ring (bicyclic) bond motifs is 1. The molecule has 32 heavy (non-hydrogen) atoms. The fourth-order valence-electron chi connectivity index (χ4n) is 4.26. The van der Waals surface area contributed by atoms with Crippen molar-refractivity contribution in [1.29, 1.82) is 0 Å². The predicted octanol–water partition coefficient (Wildman–Crippen LogP) is 5.67. The van der Waals surface area contributed by atoms with Crippen molar-refractivity contribution in [2.45, 2.75) is 38.3 Å². The Morgan fingerprint density at radius 3 is 2.72 bits per heavy atom. The Bertz CT molecular complexity index is 1010. The van der Waals surface area contributed by atoms with Crippen molar-refractivity contribution in [2.75, 3.05) is 18.5 Å². The second-order valence-electron chi connectivity index (χ2n) is 8.58. The van der Waals surface area contributed by atoms with E-state index < -0.39 is 0 Å². The van der Waals surface area contributed by atoms with Gasteiger partial charge in [-0.2, -0.15) is 0 Å². The first-order chi connectivity index (χ1) is 15.3. The van der Waals surface area contributed by atoms with Gasteiger partial charge in [0.05, 0.1) is 0 Å². The normalized spacial score (nSPS) is 16.0. The molecule has 3 rings (SSSR count). The second kappa shape index (κ2) is 10.4. The number of para-hydroxylation sites is 1. The van der Waals surface area contributed by atoms with Gasteiger partial charge in [-0.1, -0.05) is 56.7 Å². The highest BCUT2D eigenvalue weighted by atomic mass is 15.2. The van der Waals surface area contributed by atoms with E-state index in [2.05, 4.69) is 97.9 Å². The third-order valence-electron chi connectivity index (χ3n) is 6.32. The summed E-state index contributed by atoms with van der Waals surface area (Å²) < 4.78 is 0. The molecule has 0 radical (unpaired) electrons. The fourth-order valence-corrected chi connectivity index (χ4v) is 4.26. The molecule has 0 aliphatic carbocycles. The largest absolute Gasteiger partial charge is 0.372 e. The molecule has 2 unspecified atom stereocenters. The van der Waals surface area contributed by atoms with Crippen molar-refractivity contribution in [2.24, 2.45) is 5.73 Å². The van der Waals surface area contributed by atoms with E-state index in [1.165, 1.54) is 11.3 Å². The van der Waals surface area contributed by atoms with Crippen molar-refractivity contribution in [1.82, 2.24) is 10.2 Å². The maximum Gasteiger partial charge on any atom is 0.0444 e. The Morgan fingerprint density at radius 1 is 1.25 bits per heavy atom. The molecule has 0 amide bonds. The number of benzene rings is 2. The van der Waals surface area contributed by atoms with Gasteiger partial charge in [0.15, 0.2) is 0 Å². The minimum absolute atomic E-state index is 0.107. The van der Waals surface area contributed by atoms with Gasteiger partial charge in [0, 0.05) is 54.0 Å². The molecule has 2 aromatic carbocycles. The highest BCUT2D eigenvalue weighted by molar-refractivity contribution is 5.78. The lowest BCUT2D eigenvalue weighted by Crippen LogP contribution is -2.40. The summed E-state index contributed by atoms with van der Waals surface area (Å²) in [7, 11) is 2.10. The predicted molar refractivity (Wildman–Crippen MR) is 140 cm³/mol. The van der Waals surface area contributed by atoms with Gasteiger partial charge >= 0.3 is 0 Å². The molecule has 168 valence electrons. The summed E-state index contributed by atoms with van der Waals surface area (Å²) in [6.07, 6.45) is 6.31. The number of anilines is 2. The molecule has 0 fully saturated rings. The molecule has 0 saturated carbocycles. The number of nitrogens with zero attached hydrogens (tertiary/aromatic N) is 2. The highest BCUT2D eigenvalue weighted by Crippen LogP contribution is 2.36. The van der Waals surface area contributed by atoms with E-state index in [9.17, 15) is 0 Å². The lowest BCUT2D eigenvalue weighted by molar-refractivity contribution is 0.351. The number of hydrogen-bond donors (Lipinski definition) is 2.